The van der Waals surface area contributed by atoms with Gasteiger partial charge in [-0.05, 0) is 13.8 Å². The topological polar surface area (TPSA) is 483 Å². The molecule has 6 heterocycles. The maximum absolute atomic E-state index is 13.0. The molecule has 2 amide bonds. The Kier molecular flexibility index (Phi) is 20.2. The van der Waals surface area contributed by atoms with E-state index in [2.05, 4.69) is 10.6 Å². The first-order valence-corrected chi connectivity index (χ1v) is 22.8. The molecule has 6 fully saturated rings. The van der Waals surface area contributed by atoms with Crippen LogP contribution in [0.4, 0.5) is 0 Å². The number of hydrogen-bond donors (Lipinski definition) is 18. The van der Waals surface area contributed by atoms with E-state index in [1.54, 1.807) is 0 Å². The third-order valence-corrected chi connectivity index (χ3v) is 13.2. The van der Waals surface area contributed by atoms with Crippen LogP contribution in [0, 0.1) is 0 Å². The van der Waals surface area contributed by atoms with Crippen molar-refractivity contribution in [3.8, 4) is 0 Å². The fraction of sp³-hybridized carbons (Fsp3) is 0.950. The Morgan fingerprint density at radius 3 is 1.25 bits per heavy atom. The van der Waals surface area contributed by atoms with Crippen LogP contribution in [0.3, 0.4) is 0 Å². The number of rotatable bonds is 16. The molecule has 6 aliphatic heterocycles. The summed E-state index contributed by atoms with van der Waals surface area (Å²) in [6.45, 7) is 0.652. The van der Waals surface area contributed by atoms with Crippen LogP contribution >= 0.6 is 0 Å². The lowest BCUT2D eigenvalue weighted by molar-refractivity contribution is -0.403. The minimum Gasteiger partial charge on any atom is -0.394 e. The molecule has 0 bridgehead atoms. The van der Waals surface area contributed by atoms with Gasteiger partial charge in [-0.2, -0.15) is 0 Å². The van der Waals surface area contributed by atoms with E-state index in [0.717, 1.165) is 13.8 Å². The Morgan fingerprint density at radius 1 is 0.366 bits per heavy atom. The van der Waals surface area contributed by atoms with E-state index in [4.69, 9.17) is 52.1 Å². The standard InChI is InChI=1S/C40H68N2O29/c1-9-19(49)25(55)28(58)37(61-9)70-33-27(57)21(51)13(5-43)65-39(33)68-31-18(42-12(4)48)36(64-14(6-44)22(31)52)69-32-23(53)15(7-45)66-40(34(32)71-38-29(59)26(56)20(50)10(2)62-38)67-30-16(8-46)63-35(60)17(24(30)54)41-11(3)47/h9-10,13-40,43-46,49-60H,5-8H2,1-4H3,(H,41,47)(H,42,48)/t9-,10-,13+,14+,15+,16+,17+,18+,19+,20+,21-,22-,23-,24+,25+,26+,27-,28-,29-,30+,31+,32-,33+,34+,35+,36+,37-,38-,39-,40-/m0/s1. The summed E-state index contributed by atoms with van der Waals surface area (Å²) in [5.74, 6) is -1.63. The largest absolute Gasteiger partial charge is 0.394 e. The third kappa shape index (κ3) is 12.4. The second-order valence-electron chi connectivity index (χ2n) is 18.2. The van der Waals surface area contributed by atoms with Crippen molar-refractivity contribution in [3.63, 3.8) is 0 Å². The minimum atomic E-state index is -2.09. The van der Waals surface area contributed by atoms with E-state index < -0.39 is 222 Å². The Morgan fingerprint density at radius 2 is 0.761 bits per heavy atom. The van der Waals surface area contributed by atoms with Crippen LogP contribution in [0.15, 0.2) is 0 Å². The molecule has 0 unspecified atom stereocenters. The highest BCUT2D eigenvalue weighted by Gasteiger charge is 2.59. The zero-order chi connectivity index (χ0) is 52.5. The van der Waals surface area contributed by atoms with Crippen molar-refractivity contribution >= 4 is 11.8 Å². The van der Waals surface area contributed by atoms with Crippen LogP contribution in [-0.4, -0.2) is 304 Å². The summed E-state index contributed by atoms with van der Waals surface area (Å²) < 4.78 is 64.7. The van der Waals surface area contributed by atoms with E-state index in [1.807, 2.05) is 0 Å². The van der Waals surface area contributed by atoms with Crippen LogP contribution in [0.5, 0.6) is 0 Å². The second-order valence-corrected chi connectivity index (χ2v) is 18.2. The molecular formula is C40H68N2O29. The molecule has 412 valence electrons. The predicted octanol–water partition coefficient (Wildman–Crippen LogP) is -11.8. The Hall–Kier alpha value is -2.14. The molecule has 0 aromatic rings. The van der Waals surface area contributed by atoms with Gasteiger partial charge in [0.2, 0.25) is 11.8 Å². The van der Waals surface area contributed by atoms with E-state index in [-0.39, 0.29) is 0 Å². The van der Waals surface area contributed by atoms with E-state index >= 15 is 0 Å². The molecule has 18 N–H and O–H groups in total. The fourth-order valence-corrected chi connectivity index (χ4v) is 9.16. The second kappa shape index (κ2) is 24.7. The number of carbonyl (C=O) groups is 2. The quantitative estimate of drug-likeness (QED) is 0.0682. The van der Waals surface area contributed by atoms with E-state index in [9.17, 15) is 91.3 Å². The van der Waals surface area contributed by atoms with Crippen molar-refractivity contribution in [1.29, 1.82) is 0 Å². The lowest BCUT2D eigenvalue weighted by Crippen LogP contribution is -2.71. The van der Waals surface area contributed by atoms with Crippen LogP contribution in [-0.2, 0) is 61.7 Å². The van der Waals surface area contributed by atoms with Crippen molar-refractivity contribution in [2.75, 3.05) is 26.4 Å². The van der Waals surface area contributed by atoms with Gasteiger partial charge in [-0.25, -0.2) is 0 Å². The lowest BCUT2D eigenvalue weighted by atomic mass is 9.93. The molecule has 0 saturated carbocycles. The van der Waals surface area contributed by atoms with Gasteiger partial charge in [-0.15, -0.1) is 0 Å². The SMILES string of the molecule is CC(=O)N[C@@H]1[C@@H](O)[C@H](O[C@@H]2O[C@H](CO)[C@H](O)[C@H](O[C@H]3O[C@H](CO)[C@H](O)[C@H](O[C@@H]4O[C@H](CO)[C@H](O)[C@H](O)[C@H]4O[C@@H]4O[C@@H](C)[C@@H](O)[C@@H](O)[C@@H]4O)[C@H]3NC(C)=O)[C@H]2O[C@@H]2O[C@@H](C)[C@@H](O)[C@@H](O)[C@@H]2O)[C@@H](CO)O[C@H]1O. The number of aliphatic hydroxyl groups excluding tert-OH is 16. The maximum atomic E-state index is 13.0. The molecule has 71 heavy (non-hydrogen) atoms. The van der Waals surface area contributed by atoms with Gasteiger partial charge in [0, 0.05) is 13.8 Å². The summed E-state index contributed by atoms with van der Waals surface area (Å²) >= 11 is 0. The van der Waals surface area contributed by atoms with E-state index in [1.165, 1.54) is 13.8 Å². The Balaban J connectivity index is 1.39. The number of nitrogens with one attached hydrogen (secondary N) is 2. The monoisotopic (exact) mass is 1040 g/mol. The molecule has 0 radical (unpaired) electrons. The molecule has 31 nitrogen and oxygen atoms in total. The molecule has 0 aliphatic carbocycles. The average molecular weight is 1040 g/mol. The summed E-state index contributed by atoms with van der Waals surface area (Å²) in [6.07, 6.45) is -52.1. The number of hydrogen-bond acceptors (Lipinski definition) is 29. The molecular weight excluding hydrogens is 972 g/mol. The van der Waals surface area contributed by atoms with Gasteiger partial charge in [0.25, 0.3) is 0 Å². The fourth-order valence-electron chi connectivity index (χ4n) is 9.16. The first kappa shape index (κ1) is 58.1. The summed E-state index contributed by atoms with van der Waals surface area (Å²) in [5, 5.41) is 178. The van der Waals surface area contributed by atoms with Crippen LogP contribution in [0.25, 0.3) is 0 Å². The molecule has 6 rings (SSSR count). The molecule has 30 atom stereocenters. The highest BCUT2D eigenvalue weighted by Crippen LogP contribution is 2.38. The number of ether oxygens (including phenoxy) is 11. The molecule has 31 heteroatoms. The molecule has 0 aromatic carbocycles. The van der Waals surface area contributed by atoms with Crippen molar-refractivity contribution in [1.82, 2.24) is 10.6 Å². The Bertz CT molecular complexity index is 1710. The van der Waals surface area contributed by atoms with Gasteiger partial charge < -0.3 is 144 Å². The highest BCUT2D eigenvalue weighted by atomic mass is 16.8. The van der Waals surface area contributed by atoms with E-state index in [0.29, 0.717) is 0 Å². The summed E-state index contributed by atoms with van der Waals surface area (Å²) in [7, 11) is 0. The van der Waals surface area contributed by atoms with Gasteiger partial charge in [0.1, 0.15) is 134 Å². The molecule has 0 spiro atoms. The van der Waals surface area contributed by atoms with Crippen molar-refractivity contribution < 1.29 is 143 Å². The van der Waals surface area contributed by atoms with Gasteiger partial charge in [-0.1, -0.05) is 0 Å². The van der Waals surface area contributed by atoms with Gasteiger partial charge in [-0.3, -0.25) is 9.59 Å². The van der Waals surface area contributed by atoms with Gasteiger partial charge >= 0.3 is 0 Å². The van der Waals surface area contributed by atoms with Crippen LogP contribution < -0.4 is 10.6 Å². The smallest absolute Gasteiger partial charge is 0.217 e. The zero-order valence-corrected chi connectivity index (χ0v) is 38.6. The summed E-state index contributed by atoms with van der Waals surface area (Å²) in [6, 6.07) is -3.45. The lowest BCUT2D eigenvalue weighted by Gasteiger charge is -2.52. The summed E-state index contributed by atoms with van der Waals surface area (Å²) in [4.78, 5) is 25.0. The molecule has 6 saturated heterocycles. The molecule has 0 aromatic heterocycles. The van der Waals surface area contributed by atoms with Crippen LogP contribution in [0.1, 0.15) is 27.7 Å². The van der Waals surface area contributed by atoms with Crippen molar-refractivity contribution in [3.05, 3.63) is 0 Å². The normalized spacial score (nSPS) is 50.8. The number of aliphatic hydroxyl groups is 16. The average Bonchev–Trinajstić information content (AvgIpc) is 3.33. The first-order chi connectivity index (χ1) is 33.5. The zero-order valence-electron chi connectivity index (χ0n) is 38.6. The third-order valence-electron chi connectivity index (χ3n) is 13.2. The van der Waals surface area contributed by atoms with Gasteiger partial charge in [0.05, 0.1) is 38.6 Å². The highest BCUT2D eigenvalue weighted by molar-refractivity contribution is 5.73. The Labute approximate surface area is 403 Å². The maximum Gasteiger partial charge on any atom is 0.217 e. The van der Waals surface area contributed by atoms with Crippen LogP contribution in [0.2, 0.25) is 0 Å². The number of carbonyl (C=O) groups excluding carboxylic acids is 2. The van der Waals surface area contributed by atoms with Crippen molar-refractivity contribution in [2.24, 2.45) is 0 Å². The molecule has 6 aliphatic rings. The minimum absolute atomic E-state index is 0.745. The summed E-state index contributed by atoms with van der Waals surface area (Å²) in [5.41, 5.74) is 0. The van der Waals surface area contributed by atoms with Crippen molar-refractivity contribution in [2.45, 2.75) is 212 Å². The van der Waals surface area contributed by atoms with Gasteiger partial charge in [0.15, 0.2) is 37.7 Å². The first-order valence-electron chi connectivity index (χ1n) is 22.8. The predicted molar refractivity (Wildman–Crippen MR) is 220 cm³/mol. The number of amides is 2.